The van der Waals surface area contributed by atoms with Crippen molar-refractivity contribution < 1.29 is 13.9 Å². The van der Waals surface area contributed by atoms with Crippen LogP contribution in [0.4, 0.5) is 5.69 Å². The molecule has 0 saturated heterocycles. The van der Waals surface area contributed by atoms with Crippen molar-refractivity contribution in [3.8, 4) is 5.69 Å². The molecule has 0 unspecified atom stereocenters. The van der Waals surface area contributed by atoms with Crippen LogP contribution in [-0.4, -0.2) is 33.2 Å². The maximum atomic E-state index is 12.7. The minimum absolute atomic E-state index is 0.248. The van der Waals surface area contributed by atoms with E-state index < -0.39 is 0 Å². The van der Waals surface area contributed by atoms with Gasteiger partial charge in [-0.25, -0.2) is 4.68 Å². The fraction of sp³-hybridized carbons (Fsp3) is 0.111. The predicted octanol–water partition coefficient (Wildman–Crippen LogP) is 2.81. The number of benzene rings is 2. The summed E-state index contributed by atoms with van der Waals surface area (Å²) in [6.07, 6.45) is 1.50. The van der Waals surface area contributed by atoms with E-state index in [4.69, 9.17) is 9.15 Å². The Hall–Kier alpha value is -3.52. The van der Waals surface area contributed by atoms with Gasteiger partial charge in [0.1, 0.15) is 11.9 Å². The number of aromatic nitrogens is 4. The highest BCUT2D eigenvalue weighted by Gasteiger charge is 2.20. The first-order valence-electron chi connectivity index (χ1n) is 7.90. The molecule has 2 aromatic carbocycles. The molecule has 0 aliphatic carbocycles. The minimum Gasteiger partial charge on any atom is -0.451 e. The Bertz CT molecular complexity index is 1040. The van der Waals surface area contributed by atoms with E-state index in [1.807, 2.05) is 24.3 Å². The van der Waals surface area contributed by atoms with Gasteiger partial charge >= 0.3 is 0 Å². The molecule has 8 nitrogen and oxygen atoms in total. The number of carbonyl (C=O) groups is 1. The molecular weight excluding hydrogens is 334 g/mol. The average Bonchev–Trinajstić information content (AvgIpc) is 3.31. The normalized spacial score (nSPS) is 11.0. The molecule has 2 aromatic heterocycles. The van der Waals surface area contributed by atoms with Gasteiger partial charge in [0.05, 0.1) is 12.3 Å². The second-order valence-electron chi connectivity index (χ2n) is 5.59. The quantitative estimate of drug-likeness (QED) is 0.595. The first kappa shape index (κ1) is 16.0. The van der Waals surface area contributed by atoms with Gasteiger partial charge in [0.25, 0.3) is 5.91 Å². The summed E-state index contributed by atoms with van der Waals surface area (Å²) < 4.78 is 12.5. The molecule has 0 aliphatic heterocycles. The maximum absolute atomic E-state index is 12.7. The number of rotatable bonds is 5. The standard InChI is InChI=1S/C18H15N5O3/c1-25-10-15-14-4-2-3-5-16(14)26-17(15)18(24)20-12-6-8-13(9-7-12)23-11-19-21-22-23/h2-9,11H,10H2,1H3,(H,20,24). The molecule has 0 atom stereocenters. The van der Waals surface area contributed by atoms with E-state index >= 15 is 0 Å². The monoisotopic (exact) mass is 349 g/mol. The van der Waals surface area contributed by atoms with Gasteiger partial charge in [0, 0.05) is 23.7 Å². The highest BCUT2D eigenvalue weighted by atomic mass is 16.5. The number of fused-ring (bicyclic) bond motifs is 1. The zero-order valence-electron chi connectivity index (χ0n) is 13.9. The Kier molecular flexibility index (Phi) is 4.16. The topological polar surface area (TPSA) is 95.1 Å². The summed E-state index contributed by atoms with van der Waals surface area (Å²) in [5.74, 6) is -0.0824. The van der Waals surface area contributed by atoms with E-state index in [-0.39, 0.29) is 18.3 Å². The first-order valence-corrected chi connectivity index (χ1v) is 7.90. The molecule has 4 rings (SSSR count). The Morgan fingerprint density at radius 3 is 2.73 bits per heavy atom. The number of hydrogen-bond donors (Lipinski definition) is 1. The van der Waals surface area contributed by atoms with Crippen LogP contribution in [0, 0.1) is 0 Å². The minimum atomic E-state index is -0.330. The number of amides is 1. The van der Waals surface area contributed by atoms with Crippen molar-refractivity contribution >= 4 is 22.6 Å². The van der Waals surface area contributed by atoms with Crippen molar-refractivity contribution in [3.05, 3.63) is 66.2 Å². The Balaban J connectivity index is 1.60. The zero-order valence-corrected chi connectivity index (χ0v) is 13.9. The van der Waals surface area contributed by atoms with E-state index in [0.29, 0.717) is 11.3 Å². The number of methoxy groups -OCH3 is 1. The predicted molar refractivity (Wildman–Crippen MR) is 94.0 cm³/mol. The molecular formula is C18H15N5O3. The van der Waals surface area contributed by atoms with Crippen LogP contribution in [0.1, 0.15) is 16.1 Å². The van der Waals surface area contributed by atoms with E-state index in [0.717, 1.165) is 16.6 Å². The lowest BCUT2D eigenvalue weighted by Gasteiger charge is -2.06. The second-order valence-corrected chi connectivity index (χ2v) is 5.59. The molecule has 0 bridgehead atoms. The average molecular weight is 349 g/mol. The van der Waals surface area contributed by atoms with Gasteiger partial charge in [0.15, 0.2) is 5.76 Å². The molecule has 0 radical (unpaired) electrons. The molecule has 0 saturated carbocycles. The number of para-hydroxylation sites is 1. The third-order valence-corrected chi connectivity index (χ3v) is 3.93. The van der Waals surface area contributed by atoms with Gasteiger partial charge < -0.3 is 14.5 Å². The summed E-state index contributed by atoms with van der Waals surface area (Å²) in [6.45, 7) is 0.290. The smallest absolute Gasteiger partial charge is 0.291 e. The molecule has 1 amide bonds. The zero-order chi connectivity index (χ0) is 17.9. The number of tetrazole rings is 1. The summed E-state index contributed by atoms with van der Waals surface area (Å²) in [6, 6.07) is 14.7. The Morgan fingerprint density at radius 1 is 1.19 bits per heavy atom. The van der Waals surface area contributed by atoms with Crippen molar-refractivity contribution in [1.82, 2.24) is 20.2 Å². The van der Waals surface area contributed by atoms with Crippen LogP contribution in [0.15, 0.2) is 59.3 Å². The van der Waals surface area contributed by atoms with Gasteiger partial charge in [-0.2, -0.15) is 0 Å². The molecule has 2 heterocycles. The van der Waals surface area contributed by atoms with Crippen molar-refractivity contribution in [2.45, 2.75) is 6.61 Å². The SMILES string of the molecule is COCc1c(C(=O)Nc2ccc(-n3cnnn3)cc2)oc2ccccc12. The van der Waals surface area contributed by atoms with Gasteiger partial charge in [-0.3, -0.25) is 4.79 Å². The van der Waals surface area contributed by atoms with Crippen molar-refractivity contribution in [2.24, 2.45) is 0 Å². The lowest BCUT2D eigenvalue weighted by molar-refractivity contribution is 0.0992. The van der Waals surface area contributed by atoms with Crippen LogP contribution in [0.5, 0.6) is 0 Å². The molecule has 26 heavy (non-hydrogen) atoms. The van der Waals surface area contributed by atoms with Crippen LogP contribution in [0.3, 0.4) is 0 Å². The third-order valence-electron chi connectivity index (χ3n) is 3.93. The summed E-state index contributed by atoms with van der Waals surface area (Å²) in [5.41, 5.74) is 2.80. The fourth-order valence-electron chi connectivity index (χ4n) is 2.73. The summed E-state index contributed by atoms with van der Waals surface area (Å²) in [4.78, 5) is 12.7. The number of nitrogens with one attached hydrogen (secondary N) is 1. The molecule has 8 heteroatoms. The van der Waals surface area contributed by atoms with Gasteiger partial charge in [0.2, 0.25) is 0 Å². The van der Waals surface area contributed by atoms with Gasteiger partial charge in [-0.05, 0) is 40.8 Å². The molecule has 4 aromatic rings. The number of carbonyl (C=O) groups excluding carboxylic acids is 1. The number of anilines is 1. The van der Waals surface area contributed by atoms with E-state index in [9.17, 15) is 4.79 Å². The first-order chi connectivity index (χ1) is 12.8. The molecule has 0 aliphatic rings. The van der Waals surface area contributed by atoms with Crippen LogP contribution in [0.2, 0.25) is 0 Å². The largest absolute Gasteiger partial charge is 0.451 e. The van der Waals surface area contributed by atoms with Crippen molar-refractivity contribution in [3.63, 3.8) is 0 Å². The number of ether oxygens (including phenoxy) is 1. The summed E-state index contributed by atoms with van der Waals surface area (Å²) >= 11 is 0. The van der Waals surface area contributed by atoms with Crippen LogP contribution in [-0.2, 0) is 11.3 Å². The van der Waals surface area contributed by atoms with E-state index in [1.165, 1.54) is 11.0 Å². The molecule has 130 valence electrons. The van der Waals surface area contributed by atoms with Crippen LogP contribution in [0.25, 0.3) is 16.7 Å². The number of furan rings is 1. The van der Waals surface area contributed by atoms with E-state index in [2.05, 4.69) is 20.8 Å². The van der Waals surface area contributed by atoms with Crippen LogP contribution < -0.4 is 5.32 Å². The molecule has 0 spiro atoms. The molecule has 0 fully saturated rings. The van der Waals surface area contributed by atoms with Crippen LogP contribution >= 0.6 is 0 Å². The maximum Gasteiger partial charge on any atom is 0.291 e. The van der Waals surface area contributed by atoms with Gasteiger partial charge in [-0.15, -0.1) is 5.10 Å². The highest BCUT2D eigenvalue weighted by Crippen LogP contribution is 2.27. The van der Waals surface area contributed by atoms with Crippen molar-refractivity contribution in [2.75, 3.05) is 12.4 Å². The molecule has 1 N–H and O–H groups in total. The van der Waals surface area contributed by atoms with Crippen molar-refractivity contribution in [1.29, 1.82) is 0 Å². The lowest BCUT2D eigenvalue weighted by Crippen LogP contribution is -2.13. The Morgan fingerprint density at radius 2 is 2.00 bits per heavy atom. The Labute approximate surface area is 148 Å². The summed E-state index contributed by atoms with van der Waals surface area (Å²) in [7, 11) is 1.58. The number of hydrogen-bond acceptors (Lipinski definition) is 6. The van der Waals surface area contributed by atoms with E-state index in [1.54, 1.807) is 31.4 Å². The highest BCUT2D eigenvalue weighted by molar-refractivity contribution is 6.06. The van der Waals surface area contributed by atoms with Gasteiger partial charge in [-0.1, -0.05) is 18.2 Å². The lowest BCUT2D eigenvalue weighted by atomic mass is 10.1. The third kappa shape index (κ3) is 2.93. The number of nitrogens with zero attached hydrogens (tertiary/aromatic N) is 4. The second kappa shape index (κ2) is 6.77. The summed E-state index contributed by atoms with van der Waals surface area (Å²) in [5, 5.41) is 14.7. The fourth-order valence-corrected chi connectivity index (χ4v) is 2.73.